The van der Waals surface area contributed by atoms with E-state index >= 15 is 0 Å². The van der Waals surface area contributed by atoms with Crippen molar-refractivity contribution in [2.45, 2.75) is 19.0 Å². The SMILES string of the molecule is OCC[C@@H](NCc1cccc2c1OCO2)c1ccccc1. The lowest BCUT2D eigenvalue weighted by Gasteiger charge is -2.19. The van der Waals surface area contributed by atoms with Crippen molar-refractivity contribution < 1.29 is 14.6 Å². The minimum absolute atomic E-state index is 0.120. The van der Waals surface area contributed by atoms with E-state index in [1.54, 1.807) is 0 Å². The fraction of sp³-hybridized carbons (Fsp3) is 0.294. The molecule has 0 aromatic heterocycles. The van der Waals surface area contributed by atoms with E-state index in [4.69, 9.17) is 9.47 Å². The van der Waals surface area contributed by atoms with Crippen LogP contribution in [0.5, 0.6) is 11.5 Å². The Morgan fingerprint density at radius 2 is 1.90 bits per heavy atom. The van der Waals surface area contributed by atoms with Crippen LogP contribution in [0.25, 0.3) is 0 Å². The highest BCUT2D eigenvalue weighted by Crippen LogP contribution is 2.35. The standard InChI is InChI=1S/C17H19NO3/c19-10-9-15(13-5-2-1-3-6-13)18-11-14-7-4-8-16-17(14)21-12-20-16/h1-8,15,18-19H,9-12H2/t15-/m1/s1. The predicted molar refractivity (Wildman–Crippen MR) is 80.3 cm³/mol. The van der Waals surface area contributed by atoms with Crippen LogP contribution in [0.15, 0.2) is 48.5 Å². The summed E-state index contributed by atoms with van der Waals surface area (Å²) in [5, 5.41) is 12.8. The molecule has 4 heteroatoms. The predicted octanol–water partition coefficient (Wildman–Crippen LogP) is 2.63. The molecule has 1 heterocycles. The number of hydrogen-bond donors (Lipinski definition) is 2. The minimum atomic E-state index is 0.120. The van der Waals surface area contributed by atoms with E-state index in [-0.39, 0.29) is 19.4 Å². The first-order chi connectivity index (χ1) is 10.4. The molecule has 21 heavy (non-hydrogen) atoms. The van der Waals surface area contributed by atoms with Crippen LogP contribution in [0.2, 0.25) is 0 Å². The lowest BCUT2D eigenvalue weighted by Crippen LogP contribution is -2.22. The van der Waals surface area contributed by atoms with Crippen molar-refractivity contribution in [3.63, 3.8) is 0 Å². The second-order valence-corrected chi connectivity index (χ2v) is 5.01. The van der Waals surface area contributed by atoms with E-state index in [0.717, 1.165) is 17.1 Å². The molecule has 0 radical (unpaired) electrons. The zero-order valence-electron chi connectivity index (χ0n) is 11.8. The molecule has 4 nitrogen and oxygen atoms in total. The van der Waals surface area contributed by atoms with Crippen molar-refractivity contribution in [3.05, 3.63) is 59.7 Å². The summed E-state index contributed by atoms with van der Waals surface area (Å²) in [4.78, 5) is 0. The third kappa shape index (κ3) is 3.17. The molecule has 0 bridgehead atoms. The third-order valence-corrected chi connectivity index (χ3v) is 3.64. The van der Waals surface area contributed by atoms with E-state index < -0.39 is 0 Å². The molecule has 110 valence electrons. The molecule has 2 aromatic carbocycles. The lowest BCUT2D eigenvalue weighted by atomic mass is 10.0. The Hall–Kier alpha value is -2.04. The van der Waals surface area contributed by atoms with Crippen molar-refractivity contribution in [2.24, 2.45) is 0 Å². The van der Waals surface area contributed by atoms with Crippen molar-refractivity contribution in [1.82, 2.24) is 5.32 Å². The van der Waals surface area contributed by atoms with Gasteiger partial charge in [0.15, 0.2) is 11.5 Å². The fourth-order valence-electron chi connectivity index (χ4n) is 2.56. The maximum absolute atomic E-state index is 9.27. The number of hydrogen-bond acceptors (Lipinski definition) is 4. The van der Waals surface area contributed by atoms with Crippen LogP contribution in [0.4, 0.5) is 0 Å². The Morgan fingerprint density at radius 1 is 1.05 bits per heavy atom. The normalized spacial score (nSPS) is 14.1. The second kappa shape index (κ2) is 6.61. The molecule has 2 aromatic rings. The molecule has 3 rings (SSSR count). The van der Waals surface area contributed by atoms with Gasteiger partial charge < -0.3 is 19.9 Å². The van der Waals surface area contributed by atoms with Crippen molar-refractivity contribution in [2.75, 3.05) is 13.4 Å². The van der Waals surface area contributed by atoms with Gasteiger partial charge in [0, 0.05) is 24.8 Å². The van der Waals surface area contributed by atoms with Gasteiger partial charge >= 0.3 is 0 Å². The van der Waals surface area contributed by atoms with Gasteiger partial charge in [-0.1, -0.05) is 42.5 Å². The van der Waals surface area contributed by atoms with E-state index in [2.05, 4.69) is 17.4 Å². The Labute approximate surface area is 124 Å². The number of para-hydroxylation sites is 1. The van der Waals surface area contributed by atoms with Crippen LogP contribution in [0.1, 0.15) is 23.6 Å². The van der Waals surface area contributed by atoms with E-state index in [9.17, 15) is 5.11 Å². The highest BCUT2D eigenvalue weighted by molar-refractivity contribution is 5.48. The summed E-state index contributed by atoms with van der Waals surface area (Å²) < 4.78 is 10.9. The number of nitrogens with one attached hydrogen (secondary N) is 1. The van der Waals surface area contributed by atoms with Gasteiger partial charge in [-0.25, -0.2) is 0 Å². The highest BCUT2D eigenvalue weighted by atomic mass is 16.7. The Bertz CT molecular complexity index is 586. The monoisotopic (exact) mass is 285 g/mol. The van der Waals surface area contributed by atoms with Crippen LogP contribution in [-0.2, 0) is 6.54 Å². The maximum Gasteiger partial charge on any atom is 0.231 e. The molecule has 2 N–H and O–H groups in total. The summed E-state index contributed by atoms with van der Waals surface area (Å²) in [6.07, 6.45) is 0.677. The van der Waals surface area contributed by atoms with Crippen LogP contribution >= 0.6 is 0 Å². The van der Waals surface area contributed by atoms with Crippen molar-refractivity contribution in [1.29, 1.82) is 0 Å². The largest absolute Gasteiger partial charge is 0.454 e. The number of aliphatic hydroxyl groups excluding tert-OH is 1. The molecule has 0 saturated carbocycles. The molecular weight excluding hydrogens is 266 g/mol. The zero-order valence-corrected chi connectivity index (χ0v) is 11.8. The molecule has 0 fully saturated rings. The first-order valence-corrected chi connectivity index (χ1v) is 7.15. The zero-order chi connectivity index (χ0) is 14.5. The summed E-state index contributed by atoms with van der Waals surface area (Å²) >= 11 is 0. The van der Waals surface area contributed by atoms with Gasteiger partial charge in [-0.3, -0.25) is 0 Å². The van der Waals surface area contributed by atoms with Gasteiger partial charge in [0.1, 0.15) is 0 Å². The smallest absolute Gasteiger partial charge is 0.231 e. The third-order valence-electron chi connectivity index (χ3n) is 3.64. The summed E-state index contributed by atoms with van der Waals surface area (Å²) in [6.45, 7) is 1.11. The van der Waals surface area contributed by atoms with E-state index in [0.29, 0.717) is 13.0 Å². The fourth-order valence-corrected chi connectivity index (χ4v) is 2.56. The van der Waals surface area contributed by atoms with Crippen LogP contribution in [-0.4, -0.2) is 18.5 Å². The first-order valence-electron chi connectivity index (χ1n) is 7.15. The van der Waals surface area contributed by atoms with E-state index in [1.165, 1.54) is 5.56 Å². The molecule has 1 aliphatic rings. The van der Waals surface area contributed by atoms with Gasteiger partial charge in [0.05, 0.1) is 0 Å². The average Bonchev–Trinajstić information content (AvgIpc) is 3.01. The van der Waals surface area contributed by atoms with Crippen LogP contribution in [0.3, 0.4) is 0 Å². The molecule has 0 spiro atoms. The highest BCUT2D eigenvalue weighted by Gasteiger charge is 2.18. The Balaban J connectivity index is 1.72. The van der Waals surface area contributed by atoms with Crippen molar-refractivity contribution in [3.8, 4) is 11.5 Å². The Morgan fingerprint density at radius 3 is 2.71 bits per heavy atom. The number of fused-ring (bicyclic) bond motifs is 1. The lowest BCUT2D eigenvalue weighted by molar-refractivity contribution is 0.173. The Kier molecular flexibility index (Phi) is 4.38. The summed E-state index contributed by atoms with van der Waals surface area (Å²) in [5.41, 5.74) is 2.25. The van der Waals surface area contributed by atoms with Gasteiger partial charge in [0.2, 0.25) is 6.79 Å². The number of aliphatic hydroxyl groups is 1. The quantitative estimate of drug-likeness (QED) is 0.856. The molecule has 1 atom stereocenters. The van der Waals surface area contributed by atoms with Gasteiger partial charge in [0.25, 0.3) is 0 Å². The van der Waals surface area contributed by atoms with E-state index in [1.807, 2.05) is 36.4 Å². The molecular formula is C17H19NO3. The van der Waals surface area contributed by atoms with Crippen molar-refractivity contribution >= 4 is 0 Å². The minimum Gasteiger partial charge on any atom is -0.454 e. The number of benzene rings is 2. The summed E-state index contributed by atoms with van der Waals surface area (Å²) in [5.74, 6) is 1.62. The number of rotatable bonds is 6. The molecule has 1 aliphatic heterocycles. The summed E-state index contributed by atoms with van der Waals surface area (Å²) in [7, 11) is 0. The molecule has 0 amide bonds. The second-order valence-electron chi connectivity index (χ2n) is 5.01. The topological polar surface area (TPSA) is 50.7 Å². The van der Waals surface area contributed by atoms with Gasteiger partial charge in [-0.15, -0.1) is 0 Å². The van der Waals surface area contributed by atoms with Crippen LogP contribution < -0.4 is 14.8 Å². The first kappa shape index (κ1) is 13.9. The maximum atomic E-state index is 9.27. The summed E-state index contributed by atoms with van der Waals surface area (Å²) in [6, 6.07) is 16.2. The van der Waals surface area contributed by atoms with Gasteiger partial charge in [-0.05, 0) is 18.1 Å². The average molecular weight is 285 g/mol. The van der Waals surface area contributed by atoms with Gasteiger partial charge in [-0.2, -0.15) is 0 Å². The molecule has 0 aliphatic carbocycles. The molecule has 0 saturated heterocycles. The number of ether oxygens (including phenoxy) is 2. The molecule has 0 unspecified atom stereocenters. The van der Waals surface area contributed by atoms with Crippen LogP contribution in [0, 0.1) is 0 Å².